The van der Waals surface area contributed by atoms with Gasteiger partial charge in [-0.25, -0.2) is 17.6 Å². The molecule has 62 valence electrons. The van der Waals surface area contributed by atoms with Crippen LogP contribution in [0, 0.1) is 11.8 Å². The molecule has 0 aliphatic heterocycles. The molecule has 3 unspecified atom stereocenters. The zero-order valence-corrected chi connectivity index (χ0v) is 5.53. The molecule has 2 aliphatic rings. The Labute approximate surface area is 60.9 Å². The molecule has 2 bridgehead atoms. The summed E-state index contributed by atoms with van der Waals surface area (Å²) in [5.41, 5.74) is 0. The molecule has 0 aromatic rings. The topological polar surface area (TPSA) is 0 Å². The summed E-state index contributed by atoms with van der Waals surface area (Å²) in [4.78, 5) is 0. The zero-order chi connectivity index (χ0) is 8.22. The van der Waals surface area contributed by atoms with Crippen molar-refractivity contribution in [3.05, 3.63) is 11.9 Å². The molecule has 2 aliphatic carbocycles. The Balaban J connectivity index is 2.38. The first kappa shape index (κ1) is 7.13. The highest BCUT2D eigenvalue weighted by Crippen LogP contribution is 2.54. The Morgan fingerprint density at radius 1 is 1.45 bits per heavy atom. The quantitative estimate of drug-likeness (QED) is 0.485. The van der Waals surface area contributed by atoms with Crippen LogP contribution in [0.1, 0.15) is 6.42 Å². The van der Waals surface area contributed by atoms with Crippen LogP contribution in [0.3, 0.4) is 0 Å². The van der Waals surface area contributed by atoms with Gasteiger partial charge >= 0.3 is 0 Å². The van der Waals surface area contributed by atoms with Gasteiger partial charge in [-0.05, 0) is 12.5 Å². The van der Waals surface area contributed by atoms with Crippen LogP contribution in [0.25, 0.3) is 0 Å². The van der Waals surface area contributed by atoms with Crippen LogP contribution < -0.4 is 0 Å². The molecule has 11 heavy (non-hydrogen) atoms. The summed E-state index contributed by atoms with van der Waals surface area (Å²) < 4.78 is 50.4. The van der Waals surface area contributed by atoms with Crippen molar-refractivity contribution >= 4 is 0 Å². The third-order valence-corrected chi connectivity index (χ3v) is 2.42. The maximum absolute atomic E-state index is 12.6. The second kappa shape index (κ2) is 1.79. The SMILES string of the molecule is FC1=CC2CC1C(F)(F)C2F. The van der Waals surface area contributed by atoms with E-state index < -0.39 is 29.8 Å². The van der Waals surface area contributed by atoms with E-state index in [9.17, 15) is 17.6 Å². The van der Waals surface area contributed by atoms with Gasteiger partial charge < -0.3 is 0 Å². The van der Waals surface area contributed by atoms with Gasteiger partial charge in [-0.3, -0.25) is 0 Å². The molecule has 3 atom stereocenters. The Kier molecular flexibility index (Phi) is 1.16. The van der Waals surface area contributed by atoms with Gasteiger partial charge in [0.1, 0.15) is 5.83 Å². The molecule has 4 heteroatoms. The van der Waals surface area contributed by atoms with E-state index in [2.05, 4.69) is 0 Å². The molecule has 0 aromatic carbocycles. The Bertz CT molecular complexity index is 220. The maximum Gasteiger partial charge on any atom is 0.288 e. The minimum absolute atomic E-state index is 0.0694. The van der Waals surface area contributed by atoms with Crippen LogP contribution in [0.15, 0.2) is 11.9 Å². The molecule has 0 N–H and O–H groups in total. The van der Waals surface area contributed by atoms with E-state index >= 15 is 0 Å². The van der Waals surface area contributed by atoms with E-state index in [0.717, 1.165) is 6.08 Å². The highest BCUT2D eigenvalue weighted by Gasteiger charge is 2.62. The Morgan fingerprint density at radius 2 is 2.09 bits per heavy atom. The lowest BCUT2D eigenvalue weighted by Crippen LogP contribution is -2.35. The summed E-state index contributed by atoms with van der Waals surface area (Å²) in [6.07, 6.45) is -1.26. The molecule has 0 nitrogen and oxygen atoms in total. The molecule has 0 aromatic heterocycles. The summed E-state index contributed by atoms with van der Waals surface area (Å²) >= 11 is 0. The van der Waals surface area contributed by atoms with Gasteiger partial charge in [0.25, 0.3) is 5.92 Å². The molecule has 0 amide bonds. The van der Waals surface area contributed by atoms with Crippen molar-refractivity contribution in [1.82, 2.24) is 0 Å². The number of rotatable bonds is 0. The smallest absolute Gasteiger partial charge is 0.240 e. The van der Waals surface area contributed by atoms with Crippen molar-refractivity contribution in [2.75, 3.05) is 0 Å². The highest BCUT2D eigenvalue weighted by molar-refractivity contribution is 5.22. The van der Waals surface area contributed by atoms with Crippen LogP contribution in [-0.2, 0) is 0 Å². The fourth-order valence-electron chi connectivity index (χ4n) is 1.80. The van der Waals surface area contributed by atoms with E-state index in [4.69, 9.17) is 0 Å². The van der Waals surface area contributed by atoms with Crippen molar-refractivity contribution in [2.24, 2.45) is 11.8 Å². The molecule has 1 fully saturated rings. The summed E-state index contributed by atoms with van der Waals surface area (Å²) in [7, 11) is 0. The first-order chi connectivity index (χ1) is 5.03. The summed E-state index contributed by atoms with van der Waals surface area (Å²) in [6, 6.07) is 0. The van der Waals surface area contributed by atoms with Crippen molar-refractivity contribution in [1.29, 1.82) is 0 Å². The number of halogens is 4. The van der Waals surface area contributed by atoms with Crippen molar-refractivity contribution in [3.63, 3.8) is 0 Å². The van der Waals surface area contributed by atoms with E-state index in [1.54, 1.807) is 0 Å². The first-order valence-electron chi connectivity index (χ1n) is 3.42. The van der Waals surface area contributed by atoms with Crippen LogP contribution in [0.2, 0.25) is 0 Å². The van der Waals surface area contributed by atoms with Gasteiger partial charge in [0, 0.05) is 5.92 Å². The fraction of sp³-hybridized carbons (Fsp3) is 0.714. The van der Waals surface area contributed by atoms with E-state index in [1.165, 1.54) is 0 Å². The lowest BCUT2D eigenvalue weighted by atomic mass is 10.0. The number of hydrogen-bond acceptors (Lipinski definition) is 0. The predicted molar refractivity (Wildman–Crippen MR) is 30.6 cm³/mol. The first-order valence-corrected chi connectivity index (χ1v) is 3.42. The number of hydrogen-bond donors (Lipinski definition) is 0. The summed E-state index contributed by atoms with van der Waals surface area (Å²) in [6.45, 7) is 0. The number of alkyl halides is 3. The minimum Gasteiger partial charge on any atom is -0.240 e. The number of allylic oxidation sites excluding steroid dienone is 2. The molecule has 1 saturated carbocycles. The second-order valence-electron chi connectivity index (χ2n) is 3.08. The molecule has 0 heterocycles. The zero-order valence-electron chi connectivity index (χ0n) is 5.53. The van der Waals surface area contributed by atoms with Crippen molar-refractivity contribution in [2.45, 2.75) is 18.5 Å². The van der Waals surface area contributed by atoms with Crippen LogP contribution in [0.4, 0.5) is 17.6 Å². The van der Waals surface area contributed by atoms with Crippen molar-refractivity contribution < 1.29 is 17.6 Å². The lowest BCUT2D eigenvalue weighted by Gasteiger charge is -2.22. The monoisotopic (exact) mass is 166 g/mol. The molecule has 2 rings (SSSR count). The van der Waals surface area contributed by atoms with Crippen molar-refractivity contribution in [3.8, 4) is 0 Å². The van der Waals surface area contributed by atoms with E-state index in [0.29, 0.717) is 0 Å². The predicted octanol–water partition coefficient (Wildman–Crippen LogP) is 2.46. The molecule has 0 spiro atoms. The average Bonchev–Trinajstić information content (AvgIpc) is 2.35. The van der Waals surface area contributed by atoms with Gasteiger partial charge in [0.2, 0.25) is 0 Å². The maximum atomic E-state index is 12.6. The summed E-state index contributed by atoms with van der Waals surface area (Å²) in [5, 5.41) is 0. The second-order valence-corrected chi connectivity index (χ2v) is 3.08. The largest absolute Gasteiger partial charge is 0.288 e. The standard InChI is InChI=1S/C7H6F4/c8-5-2-3-1-4(5)7(10,11)6(3)9/h2-4,6H,1H2. The Hall–Kier alpha value is -0.540. The van der Waals surface area contributed by atoms with Crippen LogP contribution in [0.5, 0.6) is 0 Å². The van der Waals surface area contributed by atoms with Gasteiger partial charge in [-0.1, -0.05) is 0 Å². The van der Waals surface area contributed by atoms with E-state index in [1.807, 2.05) is 0 Å². The Morgan fingerprint density at radius 3 is 2.45 bits per heavy atom. The highest BCUT2D eigenvalue weighted by atomic mass is 19.3. The van der Waals surface area contributed by atoms with Gasteiger partial charge in [0.05, 0.1) is 5.92 Å². The van der Waals surface area contributed by atoms with E-state index in [-0.39, 0.29) is 6.42 Å². The third kappa shape index (κ3) is 0.698. The molecule has 0 saturated heterocycles. The molecular formula is C7H6F4. The molecular weight excluding hydrogens is 160 g/mol. The van der Waals surface area contributed by atoms with Gasteiger partial charge in [-0.15, -0.1) is 0 Å². The minimum atomic E-state index is -3.47. The van der Waals surface area contributed by atoms with Gasteiger partial charge in [-0.2, -0.15) is 0 Å². The molecule has 0 radical (unpaired) electrons. The van der Waals surface area contributed by atoms with Crippen LogP contribution >= 0.6 is 0 Å². The normalized spacial score (nSPS) is 46.2. The average molecular weight is 166 g/mol. The van der Waals surface area contributed by atoms with Gasteiger partial charge in [0.15, 0.2) is 6.17 Å². The fourth-order valence-corrected chi connectivity index (χ4v) is 1.80. The summed E-state index contributed by atoms with van der Waals surface area (Å²) in [5.74, 6) is -6.69. The lowest BCUT2D eigenvalue weighted by molar-refractivity contribution is -0.0898. The number of fused-ring (bicyclic) bond motifs is 2. The third-order valence-electron chi connectivity index (χ3n) is 2.42. The van der Waals surface area contributed by atoms with Crippen LogP contribution in [-0.4, -0.2) is 12.1 Å².